The number of nitrogens with zero attached hydrogens (tertiary/aromatic N) is 6. The summed E-state index contributed by atoms with van der Waals surface area (Å²) in [5.41, 5.74) is 1.72. The number of hydrazine groups is 1. The van der Waals surface area contributed by atoms with E-state index < -0.39 is 5.54 Å². The van der Waals surface area contributed by atoms with E-state index in [9.17, 15) is 4.79 Å². The highest BCUT2D eigenvalue weighted by Gasteiger charge is 2.42. The van der Waals surface area contributed by atoms with Gasteiger partial charge in [-0.05, 0) is 13.8 Å². The number of nitrogens with one attached hydrogen (secondary N) is 1. The van der Waals surface area contributed by atoms with E-state index in [-0.39, 0.29) is 11.9 Å². The fraction of sp³-hybridized carbons (Fsp3) is 0.667. The first-order valence-electron chi connectivity index (χ1n) is 6.70. The third-order valence-electron chi connectivity index (χ3n) is 3.59. The van der Waals surface area contributed by atoms with Gasteiger partial charge in [-0.3, -0.25) is 10.2 Å². The summed E-state index contributed by atoms with van der Waals surface area (Å²) in [6, 6.07) is 0. The van der Waals surface area contributed by atoms with Gasteiger partial charge in [0.1, 0.15) is 5.54 Å². The number of rotatable bonds is 3. The molecule has 0 bridgehead atoms. The van der Waals surface area contributed by atoms with Gasteiger partial charge in [0.15, 0.2) is 0 Å². The zero-order chi connectivity index (χ0) is 15.8. The lowest BCUT2D eigenvalue weighted by Crippen LogP contribution is -2.62. The molecule has 116 valence electrons. The zero-order valence-electron chi connectivity index (χ0n) is 13.1. The molecule has 1 fully saturated rings. The molecular weight excluding hydrogens is 272 g/mol. The SMILES string of the molecule is CN1CCN(c2nc(NN)nc(N(C)C)n2)C(C)(C)C1=O. The highest BCUT2D eigenvalue weighted by atomic mass is 16.2. The van der Waals surface area contributed by atoms with Crippen LogP contribution in [-0.2, 0) is 4.79 Å². The van der Waals surface area contributed by atoms with Crippen molar-refractivity contribution in [1.29, 1.82) is 0 Å². The Morgan fingerprint density at radius 3 is 2.48 bits per heavy atom. The predicted octanol–water partition coefficient (Wildman–Crippen LogP) is -0.720. The lowest BCUT2D eigenvalue weighted by molar-refractivity contribution is -0.136. The van der Waals surface area contributed by atoms with Crippen molar-refractivity contribution in [2.24, 2.45) is 5.84 Å². The van der Waals surface area contributed by atoms with Crippen molar-refractivity contribution in [3.63, 3.8) is 0 Å². The highest BCUT2D eigenvalue weighted by molar-refractivity contribution is 5.89. The number of aromatic nitrogens is 3. The highest BCUT2D eigenvalue weighted by Crippen LogP contribution is 2.27. The summed E-state index contributed by atoms with van der Waals surface area (Å²) < 4.78 is 0. The molecule has 0 radical (unpaired) electrons. The molecule has 0 aromatic carbocycles. The van der Waals surface area contributed by atoms with Gasteiger partial charge in [-0.1, -0.05) is 0 Å². The molecule has 1 aromatic rings. The molecule has 2 rings (SSSR count). The van der Waals surface area contributed by atoms with E-state index in [0.29, 0.717) is 25.0 Å². The van der Waals surface area contributed by atoms with Crippen LogP contribution >= 0.6 is 0 Å². The number of nitrogens with two attached hydrogens (primary N) is 1. The summed E-state index contributed by atoms with van der Waals surface area (Å²) >= 11 is 0. The fourth-order valence-electron chi connectivity index (χ4n) is 2.30. The van der Waals surface area contributed by atoms with E-state index >= 15 is 0 Å². The Morgan fingerprint density at radius 2 is 1.90 bits per heavy atom. The molecular formula is C12H22N8O. The summed E-state index contributed by atoms with van der Waals surface area (Å²) in [5, 5.41) is 0. The molecule has 21 heavy (non-hydrogen) atoms. The van der Waals surface area contributed by atoms with Crippen LogP contribution in [0.5, 0.6) is 0 Å². The van der Waals surface area contributed by atoms with Gasteiger partial charge in [0, 0.05) is 34.2 Å². The molecule has 9 heteroatoms. The van der Waals surface area contributed by atoms with Crippen molar-refractivity contribution in [2.45, 2.75) is 19.4 Å². The molecule has 1 aliphatic heterocycles. The van der Waals surface area contributed by atoms with Gasteiger partial charge in [-0.2, -0.15) is 15.0 Å². The van der Waals surface area contributed by atoms with Crippen LogP contribution in [0.2, 0.25) is 0 Å². The van der Waals surface area contributed by atoms with Crippen molar-refractivity contribution < 1.29 is 4.79 Å². The van der Waals surface area contributed by atoms with Crippen molar-refractivity contribution in [2.75, 3.05) is 49.5 Å². The average Bonchev–Trinajstić information content (AvgIpc) is 2.44. The van der Waals surface area contributed by atoms with Crippen LogP contribution in [0.1, 0.15) is 13.8 Å². The van der Waals surface area contributed by atoms with Crippen LogP contribution in [0.4, 0.5) is 17.8 Å². The summed E-state index contributed by atoms with van der Waals surface area (Å²) in [7, 11) is 5.46. The standard InChI is InChI=1S/C12H22N8O/c1-12(2)8(21)19(5)6-7-20(12)11-15-9(17-13)14-10(16-11)18(3)4/h6-7,13H2,1-5H3,(H,14,15,16,17). The summed E-state index contributed by atoms with van der Waals surface area (Å²) in [4.78, 5) is 30.6. The first kappa shape index (κ1) is 15.2. The molecule has 1 amide bonds. The Balaban J connectivity index is 2.45. The molecule has 3 N–H and O–H groups in total. The maximum Gasteiger partial charge on any atom is 0.247 e. The molecule has 0 atom stereocenters. The van der Waals surface area contributed by atoms with Gasteiger partial charge in [-0.25, -0.2) is 5.84 Å². The van der Waals surface area contributed by atoms with Crippen LogP contribution in [0.3, 0.4) is 0 Å². The Bertz CT molecular complexity index is 544. The number of hydrogen-bond acceptors (Lipinski definition) is 8. The van der Waals surface area contributed by atoms with Crippen LogP contribution in [0.25, 0.3) is 0 Å². The number of amides is 1. The van der Waals surface area contributed by atoms with Gasteiger partial charge in [0.25, 0.3) is 0 Å². The molecule has 1 aliphatic rings. The van der Waals surface area contributed by atoms with E-state index in [1.54, 1.807) is 16.8 Å². The second-order valence-electron chi connectivity index (χ2n) is 5.74. The Labute approximate surface area is 124 Å². The lowest BCUT2D eigenvalue weighted by Gasteiger charge is -2.44. The number of hydrogen-bond donors (Lipinski definition) is 2. The van der Waals surface area contributed by atoms with Crippen LogP contribution < -0.4 is 21.1 Å². The van der Waals surface area contributed by atoms with Gasteiger partial charge in [0.05, 0.1) is 0 Å². The zero-order valence-corrected chi connectivity index (χ0v) is 13.1. The second-order valence-corrected chi connectivity index (χ2v) is 5.74. The minimum atomic E-state index is -0.718. The number of carbonyl (C=O) groups is 1. The quantitative estimate of drug-likeness (QED) is 0.556. The maximum atomic E-state index is 12.4. The van der Waals surface area contributed by atoms with Gasteiger partial charge >= 0.3 is 0 Å². The van der Waals surface area contributed by atoms with E-state index in [2.05, 4.69) is 20.4 Å². The third-order valence-corrected chi connectivity index (χ3v) is 3.59. The van der Waals surface area contributed by atoms with Crippen LogP contribution in [-0.4, -0.2) is 65.5 Å². The third kappa shape index (κ3) is 2.68. The molecule has 9 nitrogen and oxygen atoms in total. The van der Waals surface area contributed by atoms with E-state index in [1.165, 1.54) is 0 Å². The molecule has 1 aromatic heterocycles. The smallest absolute Gasteiger partial charge is 0.247 e. The fourth-order valence-corrected chi connectivity index (χ4v) is 2.30. The number of likely N-dealkylation sites (N-methyl/N-ethyl adjacent to an activating group) is 1. The Hall–Kier alpha value is -2.16. The van der Waals surface area contributed by atoms with Crippen LogP contribution in [0.15, 0.2) is 0 Å². The van der Waals surface area contributed by atoms with E-state index in [1.807, 2.05) is 32.8 Å². The minimum absolute atomic E-state index is 0.0304. The molecule has 2 heterocycles. The molecule has 1 saturated heterocycles. The number of piperazine rings is 1. The van der Waals surface area contributed by atoms with Gasteiger partial charge in [-0.15, -0.1) is 0 Å². The monoisotopic (exact) mass is 294 g/mol. The van der Waals surface area contributed by atoms with Crippen molar-refractivity contribution in [1.82, 2.24) is 19.9 Å². The molecule has 0 saturated carbocycles. The summed E-state index contributed by atoms with van der Waals surface area (Å²) in [6.07, 6.45) is 0. The molecule has 0 aliphatic carbocycles. The number of anilines is 3. The van der Waals surface area contributed by atoms with E-state index in [4.69, 9.17) is 5.84 Å². The molecule has 0 unspecified atom stereocenters. The Kier molecular flexibility index (Phi) is 3.86. The van der Waals surface area contributed by atoms with Crippen molar-refractivity contribution >= 4 is 23.8 Å². The largest absolute Gasteiger partial charge is 0.347 e. The van der Waals surface area contributed by atoms with Gasteiger partial charge < -0.3 is 14.7 Å². The molecule has 0 spiro atoms. The maximum absolute atomic E-state index is 12.4. The van der Waals surface area contributed by atoms with Crippen LogP contribution in [0, 0.1) is 0 Å². The van der Waals surface area contributed by atoms with Crippen molar-refractivity contribution in [3.8, 4) is 0 Å². The first-order valence-corrected chi connectivity index (χ1v) is 6.70. The predicted molar refractivity (Wildman–Crippen MR) is 81.0 cm³/mol. The lowest BCUT2D eigenvalue weighted by atomic mass is 9.98. The number of carbonyl (C=O) groups excluding carboxylic acids is 1. The van der Waals surface area contributed by atoms with Crippen molar-refractivity contribution in [3.05, 3.63) is 0 Å². The second kappa shape index (κ2) is 5.32. The normalized spacial score (nSPS) is 17.9. The summed E-state index contributed by atoms with van der Waals surface area (Å²) in [6.45, 7) is 4.99. The first-order chi connectivity index (χ1) is 9.77. The average molecular weight is 294 g/mol. The van der Waals surface area contributed by atoms with E-state index in [0.717, 1.165) is 0 Å². The Morgan fingerprint density at radius 1 is 1.24 bits per heavy atom. The number of nitrogen functional groups attached to an aromatic ring is 1. The topological polar surface area (TPSA) is 104 Å². The van der Waals surface area contributed by atoms with Gasteiger partial charge in [0.2, 0.25) is 23.8 Å². The summed E-state index contributed by atoms with van der Waals surface area (Å²) in [5.74, 6) is 6.64. The minimum Gasteiger partial charge on any atom is -0.347 e.